The molecule has 1 heterocycles. The van der Waals surface area contributed by atoms with Gasteiger partial charge in [-0.2, -0.15) is 0 Å². The number of anilines is 1. The van der Waals surface area contributed by atoms with E-state index in [2.05, 4.69) is 10.6 Å². The van der Waals surface area contributed by atoms with Crippen LogP contribution in [0.2, 0.25) is 0 Å². The Hall–Kier alpha value is -2.77. The van der Waals surface area contributed by atoms with E-state index >= 15 is 0 Å². The van der Waals surface area contributed by atoms with Crippen molar-refractivity contribution in [3.8, 4) is 5.75 Å². The molecule has 0 aliphatic carbocycles. The molecule has 0 saturated carbocycles. The first-order valence-electron chi connectivity index (χ1n) is 8.01. The van der Waals surface area contributed by atoms with Crippen molar-refractivity contribution >= 4 is 23.6 Å². The third kappa shape index (κ3) is 4.62. The van der Waals surface area contributed by atoms with Gasteiger partial charge >= 0.3 is 12.0 Å². The van der Waals surface area contributed by atoms with Crippen molar-refractivity contribution < 1.29 is 24.2 Å². The SMILES string of the molecule is COc1ccc(C(=O)NC(C)(C)CCC(=O)O)cc1N1CCNC1=O. The topological polar surface area (TPSA) is 108 Å². The summed E-state index contributed by atoms with van der Waals surface area (Å²) in [6.07, 6.45) is 0.278. The van der Waals surface area contributed by atoms with E-state index in [1.165, 1.54) is 12.0 Å². The molecule has 3 N–H and O–H groups in total. The highest BCUT2D eigenvalue weighted by molar-refractivity contribution is 6.00. The predicted octanol–water partition coefficient (Wildman–Crippen LogP) is 1.60. The molecule has 0 aromatic heterocycles. The molecule has 0 unspecified atom stereocenters. The molecule has 1 aliphatic rings. The number of carboxylic acids is 1. The van der Waals surface area contributed by atoms with E-state index in [4.69, 9.17) is 9.84 Å². The number of amides is 3. The molecule has 0 atom stereocenters. The first-order chi connectivity index (χ1) is 11.7. The van der Waals surface area contributed by atoms with E-state index in [1.807, 2.05) is 0 Å². The lowest BCUT2D eigenvalue weighted by Gasteiger charge is -2.26. The fourth-order valence-electron chi connectivity index (χ4n) is 2.61. The number of carbonyl (C=O) groups is 3. The molecule has 0 bridgehead atoms. The highest BCUT2D eigenvalue weighted by Gasteiger charge is 2.27. The molecule has 25 heavy (non-hydrogen) atoms. The number of hydrogen-bond donors (Lipinski definition) is 3. The third-order valence-corrected chi connectivity index (χ3v) is 4.00. The van der Waals surface area contributed by atoms with Gasteiger partial charge in [-0.25, -0.2) is 4.79 Å². The number of nitrogens with zero attached hydrogens (tertiary/aromatic N) is 1. The molecule has 1 fully saturated rings. The average Bonchev–Trinajstić information content (AvgIpc) is 2.98. The Balaban J connectivity index is 2.20. The highest BCUT2D eigenvalue weighted by Crippen LogP contribution is 2.30. The number of carboxylic acid groups (broad SMARTS) is 1. The van der Waals surface area contributed by atoms with Crippen molar-refractivity contribution in [1.82, 2.24) is 10.6 Å². The van der Waals surface area contributed by atoms with Gasteiger partial charge in [0.05, 0.1) is 12.8 Å². The van der Waals surface area contributed by atoms with Crippen LogP contribution in [0.1, 0.15) is 37.0 Å². The summed E-state index contributed by atoms with van der Waals surface area (Å²) in [4.78, 5) is 36.7. The number of aliphatic carboxylic acids is 1. The van der Waals surface area contributed by atoms with Crippen LogP contribution in [-0.2, 0) is 4.79 Å². The summed E-state index contributed by atoms with van der Waals surface area (Å²) in [6, 6.07) is 4.61. The lowest BCUT2D eigenvalue weighted by molar-refractivity contribution is -0.137. The zero-order valence-corrected chi connectivity index (χ0v) is 14.6. The number of rotatable bonds is 7. The predicted molar refractivity (Wildman–Crippen MR) is 92.2 cm³/mol. The van der Waals surface area contributed by atoms with Gasteiger partial charge in [-0.05, 0) is 38.5 Å². The van der Waals surface area contributed by atoms with E-state index in [-0.39, 0.29) is 18.4 Å². The Morgan fingerprint density at radius 2 is 2.12 bits per heavy atom. The number of hydrogen-bond acceptors (Lipinski definition) is 4. The second-order valence-corrected chi connectivity index (χ2v) is 6.50. The lowest BCUT2D eigenvalue weighted by Crippen LogP contribution is -2.43. The van der Waals surface area contributed by atoms with Gasteiger partial charge in [0.1, 0.15) is 5.75 Å². The van der Waals surface area contributed by atoms with Gasteiger partial charge in [-0.1, -0.05) is 0 Å². The summed E-state index contributed by atoms with van der Waals surface area (Å²) in [5.41, 5.74) is 0.230. The molecule has 1 saturated heterocycles. The minimum absolute atomic E-state index is 0.0326. The second-order valence-electron chi connectivity index (χ2n) is 6.50. The Kier molecular flexibility index (Phi) is 5.51. The van der Waals surface area contributed by atoms with Gasteiger partial charge in [-0.3, -0.25) is 14.5 Å². The van der Waals surface area contributed by atoms with Crippen molar-refractivity contribution in [3.63, 3.8) is 0 Å². The summed E-state index contributed by atoms with van der Waals surface area (Å²) < 4.78 is 5.29. The molecule has 8 heteroatoms. The van der Waals surface area contributed by atoms with Crippen molar-refractivity contribution in [2.45, 2.75) is 32.2 Å². The van der Waals surface area contributed by atoms with Crippen LogP contribution in [0.15, 0.2) is 18.2 Å². The summed E-state index contributed by atoms with van der Waals surface area (Å²) in [7, 11) is 1.50. The maximum absolute atomic E-state index is 12.5. The van der Waals surface area contributed by atoms with Crippen molar-refractivity contribution in [2.24, 2.45) is 0 Å². The molecule has 136 valence electrons. The van der Waals surface area contributed by atoms with Crippen LogP contribution in [-0.4, -0.2) is 48.8 Å². The number of benzene rings is 1. The zero-order valence-electron chi connectivity index (χ0n) is 14.6. The minimum Gasteiger partial charge on any atom is -0.495 e. The first-order valence-corrected chi connectivity index (χ1v) is 8.01. The van der Waals surface area contributed by atoms with Gasteiger partial charge in [0.2, 0.25) is 0 Å². The molecule has 8 nitrogen and oxygen atoms in total. The van der Waals surface area contributed by atoms with Crippen LogP contribution in [0.4, 0.5) is 10.5 Å². The maximum atomic E-state index is 12.5. The third-order valence-electron chi connectivity index (χ3n) is 4.00. The number of nitrogens with one attached hydrogen (secondary N) is 2. The summed E-state index contributed by atoms with van der Waals surface area (Å²) in [5.74, 6) is -0.744. The molecule has 0 spiro atoms. The van der Waals surface area contributed by atoms with Gasteiger partial charge < -0.3 is 20.5 Å². The molecular weight excluding hydrogens is 326 g/mol. The highest BCUT2D eigenvalue weighted by atomic mass is 16.5. The van der Waals surface area contributed by atoms with Crippen LogP contribution in [0.3, 0.4) is 0 Å². The molecule has 1 aromatic rings. The van der Waals surface area contributed by atoms with Crippen LogP contribution in [0.5, 0.6) is 5.75 Å². The van der Waals surface area contributed by atoms with Crippen molar-refractivity contribution in [3.05, 3.63) is 23.8 Å². The van der Waals surface area contributed by atoms with Gasteiger partial charge in [0, 0.05) is 30.6 Å². The van der Waals surface area contributed by atoms with Crippen LogP contribution in [0.25, 0.3) is 0 Å². The molecule has 2 rings (SSSR count). The molecule has 1 aliphatic heterocycles. The largest absolute Gasteiger partial charge is 0.495 e. The quantitative estimate of drug-likeness (QED) is 0.693. The zero-order chi connectivity index (χ0) is 18.6. The Bertz CT molecular complexity index is 687. The normalized spacial score (nSPS) is 14.2. The minimum atomic E-state index is -0.908. The van der Waals surface area contributed by atoms with Crippen LogP contribution in [0, 0.1) is 0 Å². The fraction of sp³-hybridized carbons (Fsp3) is 0.471. The van der Waals surface area contributed by atoms with E-state index < -0.39 is 11.5 Å². The Morgan fingerprint density at radius 1 is 1.40 bits per heavy atom. The Morgan fingerprint density at radius 3 is 2.68 bits per heavy atom. The monoisotopic (exact) mass is 349 g/mol. The summed E-state index contributed by atoms with van der Waals surface area (Å²) >= 11 is 0. The van der Waals surface area contributed by atoms with Crippen LogP contribution < -0.4 is 20.3 Å². The van der Waals surface area contributed by atoms with E-state index in [0.717, 1.165) is 0 Å². The molecule has 1 aromatic carbocycles. The van der Waals surface area contributed by atoms with E-state index in [9.17, 15) is 14.4 Å². The van der Waals surface area contributed by atoms with Crippen molar-refractivity contribution in [1.29, 1.82) is 0 Å². The fourth-order valence-corrected chi connectivity index (χ4v) is 2.61. The number of urea groups is 1. The first kappa shape index (κ1) is 18.6. The average molecular weight is 349 g/mol. The number of methoxy groups -OCH3 is 1. The van der Waals surface area contributed by atoms with Crippen molar-refractivity contribution in [2.75, 3.05) is 25.1 Å². The molecule has 3 amide bonds. The van der Waals surface area contributed by atoms with E-state index in [1.54, 1.807) is 32.0 Å². The van der Waals surface area contributed by atoms with Gasteiger partial charge in [0.15, 0.2) is 0 Å². The molecule has 0 radical (unpaired) electrons. The molecular formula is C17H23N3O5. The lowest BCUT2D eigenvalue weighted by atomic mass is 9.97. The summed E-state index contributed by atoms with van der Waals surface area (Å²) in [6.45, 7) is 4.56. The number of ether oxygens (including phenoxy) is 1. The van der Waals surface area contributed by atoms with Crippen LogP contribution >= 0.6 is 0 Å². The smallest absolute Gasteiger partial charge is 0.322 e. The second kappa shape index (κ2) is 7.42. The van der Waals surface area contributed by atoms with Gasteiger partial charge in [0.25, 0.3) is 5.91 Å². The number of carbonyl (C=O) groups excluding carboxylic acids is 2. The Labute approximate surface area is 146 Å². The standard InChI is InChI=1S/C17H23N3O5/c1-17(2,7-6-14(21)22)19-15(23)11-4-5-13(25-3)12(10-11)20-9-8-18-16(20)24/h4-5,10H,6-9H2,1-3H3,(H,18,24)(H,19,23)(H,21,22). The van der Waals surface area contributed by atoms with Gasteiger partial charge in [-0.15, -0.1) is 0 Å². The maximum Gasteiger partial charge on any atom is 0.322 e. The van der Waals surface area contributed by atoms with E-state index in [0.29, 0.717) is 36.5 Å². The summed E-state index contributed by atoms with van der Waals surface area (Å²) in [5, 5.41) is 14.3.